The summed E-state index contributed by atoms with van der Waals surface area (Å²) in [7, 11) is 0. The maximum Gasteiger partial charge on any atom is 0.164 e. The zero-order valence-corrected chi connectivity index (χ0v) is 20.5. The first-order valence-electron chi connectivity index (χ1n) is 12.1. The van der Waals surface area contributed by atoms with Crippen LogP contribution in [0.2, 0.25) is 0 Å². The first kappa shape index (κ1) is 24.2. The molecule has 6 rings (SSSR count). The number of phenols is 1. The van der Waals surface area contributed by atoms with Crippen LogP contribution in [0, 0.1) is 11.6 Å². The Hall–Kier alpha value is -5.12. The number of carbonyl (C=O) groups is 1. The average molecular weight is 526 g/mol. The Morgan fingerprint density at radius 1 is 1.03 bits per heavy atom. The van der Waals surface area contributed by atoms with E-state index in [1.807, 2.05) is 0 Å². The van der Waals surface area contributed by atoms with Gasteiger partial charge in [-0.15, -0.1) is 0 Å². The van der Waals surface area contributed by atoms with Crippen molar-refractivity contribution in [1.82, 2.24) is 19.7 Å². The van der Waals surface area contributed by atoms with Crippen molar-refractivity contribution in [1.29, 1.82) is 0 Å². The van der Waals surface area contributed by atoms with Gasteiger partial charge in [-0.3, -0.25) is 0 Å². The molecule has 8 nitrogen and oxygen atoms in total. The normalized spacial score (nSPS) is 15.6. The molecule has 0 spiro atoms. The number of halogens is 2. The van der Waals surface area contributed by atoms with E-state index in [0.717, 1.165) is 0 Å². The van der Waals surface area contributed by atoms with Gasteiger partial charge in [-0.1, -0.05) is 24.3 Å². The van der Waals surface area contributed by atoms with Crippen molar-refractivity contribution in [2.45, 2.75) is 18.9 Å². The highest BCUT2D eigenvalue weighted by Crippen LogP contribution is 2.46. The van der Waals surface area contributed by atoms with E-state index in [1.54, 1.807) is 35.9 Å². The van der Waals surface area contributed by atoms with Crippen molar-refractivity contribution in [3.05, 3.63) is 102 Å². The van der Waals surface area contributed by atoms with Crippen molar-refractivity contribution in [2.75, 3.05) is 5.73 Å². The van der Waals surface area contributed by atoms with Crippen LogP contribution in [0.4, 0.5) is 14.6 Å². The molecule has 0 saturated carbocycles. The number of nitrogens with zero attached hydrogens (tertiary/aromatic N) is 4. The minimum absolute atomic E-state index is 0.0445. The number of aromatic nitrogens is 4. The molecule has 3 N–H and O–H groups in total. The van der Waals surface area contributed by atoms with E-state index in [4.69, 9.17) is 15.6 Å². The maximum absolute atomic E-state index is 14.4. The van der Waals surface area contributed by atoms with Gasteiger partial charge in [-0.25, -0.2) is 23.4 Å². The zero-order valence-electron chi connectivity index (χ0n) is 20.5. The van der Waals surface area contributed by atoms with Gasteiger partial charge in [0.05, 0.1) is 11.3 Å². The van der Waals surface area contributed by atoms with E-state index in [2.05, 4.69) is 9.97 Å². The minimum atomic E-state index is -0.934. The van der Waals surface area contributed by atoms with Crippen molar-refractivity contribution in [3.63, 3.8) is 0 Å². The molecule has 1 aliphatic heterocycles. The Kier molecular flexibility index (Phi) is 5.79. The van der Waals surface area contributed by atoms with Gasteiger partial charge < -0.3 is 20.4 Å². The van der Waals surface area contributed by atoms with E-state index in [1.165, 1.54) is 48.8 Å². The lowest BCUT2D eigenvalue weighted by molar-refractivity contribution is -0.108. The number of carbonyl (C=O) groups excluding carboxylic acids is 1. The molecule has 39 heavy (non-hydrogen) atoms. The summed E-state index contributed by atoms with van der Waals surface area (Å²) in [5, 5.41) is 15.3. The number of rotatable bonds is 5. The molecule has 3 heterocycles. The van der Waals surface area contributed by atoms with Crippen LogP contribution in [0.1, 0.15) is 30.0 Å². The second-order valence-electron chi connectivity index (χ2n) is 9.16. The second kappa shape index (κ2) is 9.32. The number of fused-ring (bicyclic) bond motifs is 2. The fraction of sp³-hybridized carbons (Fsp3) is 0.103. The summed E-state index contributed by atoms with van der Waals surface area (Å²) in [5.74, 6) is -1.13. The van der Waals surface area contributed by atoms with Crippen molar-refractivity contribution < 1.29 is 23.4 Å². The van der Waals surface area contributed by atoms with E-state index < -0.39 is 23.6 Å². The lowest BCUT2D eigenvalue weighted by Crippen LogP contribution is -2.23. The number of ether oxygens (including phenoxy) is 1. The standard InChI is InChI=1S/C29H21F2N5O3/c1-15(36-29-25(28(32)33-14-34-29)26(35-36)17-5-3-7-20(38)11-17)27-24(16-4-2-6-18(30)10-16)22(13-37)21-12-19(31)8-9-23(21)39-27/h2-15,22,38H,1H3,(H2,32,33,34). The summed E-state index contributed by atoms with van der Waals surface area (Å²) >= 11 is 0. The predicted octanol–water partition coefficient (Wildman–Crippen LogP) is 5.41. The van der Waals surface area contributed by atoms with Gasteiger partial charge in [0.25, 0.3) is 0 Å². The highest BCUT2D eigenvalue weighted by molar-refractivity contribution is 5.98. The molecule has 3 aromatic carbocycles. The molecule has 0 saturated heterocycles. The Morgan fingerprint density at radius 3 is 2.56 bits per heavy atom. The van der Waals surface area contributed by atoms with Crippen LogP contribution in [-0.2, 0) is 4.79 Å². The zero-order chi connectivity index (χ0) is 27.3. The number of aromatic hydroxyl groups is 1. The summed E-state index contributed by atoms with van der Waals surface area (Å²) in [5.41, 5.74) is 8.76. The van der Waals surface area contributed by atoms with Crippen molar-refractivity contribution in [3.8, 4) is 22.8 Å². The molecule has 194 valence electrons. The predicted molar refractivity (Wildman–Crippen MR) is 141 cm³/mol. The Bertz CT molecular complexity index is 1800. The number of hydrogen-bond acceptors (Lipinski definition) is 7. The van der Waals surface area contributed by atoms with Crippen LogP contribution < -0.4 is 10.5 Å². The quantitative estimate of drug-likeness (QED) is 0.295. The Balaban J connectivity index is 1.61. The van der Waals surface area contributed by atoms with Crippen LogP contribution >= 0.6 is 0 Å². The summed E-state index contributed by atoms with van der Waals surface area (Å²) in [4.78, 5) is 21.0. The molecule has 2 aromatic heterocycles. The summed E-state index contributed by atoms with van der Waals surface area (Å²) in [6, 6.07) is 15.6. The van der Waals surface area contributed by atoms with Gasteiger partial charge in [0.1, 0.15) is 59.1 Å². The minimum Gasteiger partial charge on any atom is -0.508 e. The van der Waals surface area contributed by atoms with E-state index in [-0.39, 0.29) is 11.6 Å². The Morgan fingerprint density at radius 2 is 1.79 bits per heavy atom. The third-order valence-corrected chi connectivity index (χ3v) is 6.76. The van der Waals surface area contributed by atoms with Gasteiger partial charge in [0, 0.05) is 16.7 Å². The molecule has 0 aliphatic carbocycles. The van der Waals surface area contributed by atoms with Crippen LogP contribution in [0.3, 0.4) is 0 Å². The number of aldehydes is 1. The molecule has 2 atom stereocenters. The van der Waals surface area contributed by atoms with Crippen LogP contribution in [-0.4, -0.2) is 31.1 Å². The van der Waals surface area contributed by atoms with Crippen molar-refractivity contribution in [2.24, 2.45) is 0 Å². The maximum atomic E-state index is 14.4. The van der Waals surface area contributed by atoms with Crippen LogP contribution in [0.25, 0.3) is 27.9 Å². The first-order chi connectivity index (χ1) is 18.9. The molecule has 1 aliphatic rings. The number of anilines is 1. The molecule has 0 amide bonds. The monoisotopic (exact) mass is 525 g/mol. The molecule has 0 bridgehead atoms. The fourth-order valence-electron chi connectivity index (χ4n) is 5.00. The van der Waals surface area contributed by atoms with Gasteiger partial charge in [-0.05, 0) is 55.0 Å². The molecule has 0 fully saturated rings. The summed E-state index contributed by atoms with van der Waals surface area (Å²) in [6.45, 7) is 1.79. The number of hydrogen-bond donors (Lipinski definition) is 2. The number of benzene rings is 3. The molecule has 10 heteroatoms. The lowest BCUT2D eigenvalue weighted by atomic mass is 9.83. The number of nitrogens with two attached hydrogens (primary N) is 1. The third kappa shape index (κ3) is 4.06. The molecule has 5 aromatic rings. The topological polar surface area (TPSA) is 116 Å². The summed E-state index contributed by atoms with van der Waals surface area (Å²) < 4.78 is 36.5. The Labute approximate surface area is 221 Å². The third-order valence-electron chi connectivity index (χ3n) is 6.76. The van der Waals surface area contributed by atoms with Gasteiger partial charge in [0.15, 0.2) is 5.65 Å². The average Bonchev–Trinajstić information content (AvgIpc) is 3.32. The van der Waals surface area contributed by atoms with E-state index in [9.17, 15) is 18.7 Å². The smallest absolute Gasteiger partial charge is 0.164 e. The molecular formula is C29H21F2N5O3. The van der Waals surface area contributed by atoms with Crippen LogP contribution in [0.15, 0.2) is 78.8 Å². The first-order valence-corrected chi connectivity index (χ1v) is 12.1. The highest BCUT2D eigenvalue weighted by Gasteiger charge is 2.35. The number of allylic oxidation sites excluding steroid dienone is 2. The van der Waals surface area contributed by atoms with E-state index in [0.29, 0.717) is 56.8 Å². The number of phenolic OH excluding ortho intramolecular Hbond substituents is 1. The molecule has 0 radical (unpaired) electrons. The van der Waals surface area contributed by atoms with Crippen LogP contribution in [0.5, 0.6) is 11.5 Å². The largest absolute Gasteiger partial charge is 0.508 e. The number of nitrogen functional groups attached to an aromatic ring is 1. The molecule has 2 unspecified atom stereocenters. The van der Waals surface area contributed by atoms with Gasteiger partial charge in [-0.2, -0.15) is 5.10 Å². The fourth-order valence-corrected chi connectivity index (χ4v) is 5.00. The lowest BCUT2D eigenvalue weighted by Gasteiger charge is -2.31. The molecular weight excluding hydrogens is 504 g/mol. The van der Waals surface area contributed by atoms with Crippen molar-refractivity contribution >= 4 is 28.7 Å². The van der Waals surface area contributed by atoms with Gasteiger partial charge in [0.2, 0.25) is 0 Å². The van der Waals surface area contributed by atoms with Gasteiger partial charge >= 0.3 is 0 Å². The second-order valence-corrected chi connectivity index (χ2v) is 9.16. The SMILES string of the molecule is CC(C1=C(c2cccc(F)c2)C(C=O)c2cc(F)ccc2O1)n1nc(-c2cccc(O)c2)c2c(N)ncnc21. The highest BCUT2D eigenvalue weighted by atomic mass is 19.1. The van der Waals surface area contributed by atoms with E-state index >= 15 is 0 Å². The summed E-state index contributed by atoms with van der Waals surface area (Å²) in [6.07, 6.45) is 2.00.